The van der Waals surface area contributed by atoms with Gasteiger partial charge in [-0.1, -0.05) is 20.3 Å². The lowest BCUT2D eigenvalue weighted by atomic mass is 9.93. The fourth-order valence-electron chi connectivity index (χ4n) is 2.58. The van der Waals surface area contributed by atoms with E-state index in [1.165, 1.54) is 19.0 Å². The van der Waals surface area contributed by atoms with Crippen molar-refractivity contribution in [2.45, 2.75) is 39.2 Å². The minimum Gasteiger partial charge on any atom is -0.348 e. The number of amides is 1. The van der Waals surface area contributed by atoms with Gasteiger partial charge in [-0.3, -0.25) is 4.79 Å². The fraction of sp³-hybridized carbons (Fsp3) is 0.727. The summed E-state index contributed by atoms with van der Waals surface area (Å²) in [5.41, 5.74) is 0.368. The van der Waals surface area contributed by atoms with Crippen molar-refractivity contribution in [1.82, 2.24) is 20.7 Å². The van der Waals surface area contributed by atoms with Crippen LogP contribution in [0.15, 0.2) is 6.20 Å². The lowest BCUT2D eigenvalue weighted by Crippen LogP contribution is -2.37. The molecule has 2 N–H and O–H groups in total. The van der Waals surface area contributed by atoms with Gasteiger partial charge in [0.15, 0.2) is 5.69 Å². The zero-order valence-electron chi connectivity index (χ0n) is 9.73. The molecule has 0 radical (unpaired) electrons. The molecular formula is C11H18N4O. The van der Waals surface area contributed by atoms with Gasteiger partial charge in [-0.05, 0) is 24.7 Å². The van der Waals surface area contributed by atoms with Crippen molar-refractivity contribution in [3.63, 3.8) is 0 Å². The molecule has 1 aromatic heterocycles. The average molecular weight is 222 g/mol. The van der Waals surface area contributed by atoms with Crippen LogP contribution in [0.25, 0.3) is 0 Å². The summed E-state index contributed by atoms with van der Waals surface area (Å²) in [4.78, 5) is 11.8. The molecule has 1 fully saturated rings. The molecule has 2 rings (SSSR count). The van der Waals surface area contributed by atoms with Gasteiger partial charge in [-0.2, -0.15) is 15.4 Å². The lowest BCUT2D eigenvalue weighted by molar-refractivity contribution is 0.0921. The molecule has 1 aliphatic rings. The van der Waals surface area contributed by atoms with Crippen LogP contribution in [0.5, 0.6) is 0 Å². The number of aromatic amines is 1. The molecule has 5 nitrogen and oxygen atoms in total. The van der Waals surface area contributed by atoms with Crippen LogP contribution in [0, 0.1) is 11.8 Å². The van der Waals surface area contributed by atoms with E-state index in [1.54, 1.807) is 0 Å². The number of H-pyrrole nitrogens is 1. The number of rotatable bonds is 3. The summed E-state index contributed by atoms with van der Waals surface area (Å²) in [5.74, 6) is 1.17. The van der Waals surface area contributed by atoms with E-state index in [0.717, 1.165) is 12.3 Å². The molecule has 5 heteroatoms. The van der Waals surface area contributed by atoms with E-state index >= 15 is 0 Å². The van der Waals surface area contributed by atoms with Crippen LogP contribution >= 0.6 is 0 Å². The van der Waals surface area contributed by atoms with E-state index in [9.17, 15) is 4.79 Å². The Kier molecular flexibility index (Phi) is 3.22. The van der Waals surface area contributed by atoms with Gasteiger partial charge in [-0.15, -0.1) is 0 Å². The fourth-order valence-corrected chi connectivity index (χ4v) is 2.58. The molecule has 0 saturated heterocycles. The van der Waals surface area contributed by atoms with Crippen LogP contribution in [-0.2, 0) is 0 Å². The second kappa shape index (κ2) is 4.63. The van der Waals surface area contributed by atoms with Gasteiger partial charge < -0.3 is 5.32 Å². The van der Waals surface area contributed by atoms with Crippen LogP contribution < -0.4 is 5.32 Å². The summed E-state index contributed by atoms with van der Waals surface area (Å²) in [6.07, 6.45) is 4.93. The highest BCUT2D eigenvalue weighted by Crippen LogP contribution is 2.33. The van der Waals surface area contributed by atoms with E-state index in [4.69, 9.17) is 0 Å². The normalized spacial score (nSPS) is 29.2. The van der Waals surface area contributed by atoms with E-state index in [0.29, 0.717) is 11.6 Å². The standard InChI is InChI=1S/C11H18N4O/c1-3-8-4-5-9(7(8)2)13-11(16)10-6-12-15-14-10/h6-9H,3-5H2,1-2H3,(H,13,16)(H,12,14,15). The van der Waals surface area contributed by atoms with Crippen molar-refractivity contribution in [2.75, 3.05) is 0 Å². The molecule has 0 aromatic carbocycles. The van der Waals surface area contributed by atoms with Crippen LogP contribution in [0.1, 0.15) is 43.6 Å². The third-order valence-corrected chi connectivity index (χ3v) is 3.72. The highest BCUT2D eigenvalue weighted by molar-refractivity contribution is 5.92. The zero-order chi connectivity index (χ0) is 11.5. The monoisotopic (exact) mass is 222 g/mol. The van der Waals surface area contributed by atoms with E-state index in [-0.39, 0.29) is 11.9 Å². The average Bonchev–Trinajstić information content (AvgIpc) is 2.89. The summed E-state index contributed by atoms with van der Waals surface area (Å²) in [6, 6.07) is 0.286. The second-order valence-electron chi connectivity index (χ2n) is 4.54. The van der Waals surface area contributed by atoms with Gasteiger partial charge >= 0.3 is 0 Å². The predicted octanol–water partition coefficient (Wildman–Crippen LogP) is 1.36. The quantitative estimate of drug-likeness (QED) is 0.811. The summed E-state index contributed by atoms with van der Waals surface area (Å²) in [7, 11) is 0. The predicted molar refractivity (Wildman–Crippen MR) is 59.8 cm³/mol. The van der Waals surface area contributed by atoms with Gasteiger partial charge in [0, 0.05) is 6.04 Å². The Morgan fingerprint density at radius 2 is 2.44 bits per heavy atom. The molecule has 0 aliphatic heterocycles. The Morgan fingerprint density at radius 1 is 1.62 bits per heavy atom. The topological polar surface area (TPSA) is 70.7 Å². The molecular weight excluding hydrogens is 204 g/mol. The summed E-state index contributed by atoms with van der Waals surface area (Å²) >= 11 is 0. The van der Waals surface area contributed by atoms with Crippen LogP contribution in [0.3, 0.4) is 0 Å². The number of hydrogen-bond acceptors (Lipinski definition) is 3. The van der Waals surface area contributed by atoms with Gasteiger partial charge in [0.25, 0.3) is 5.91 Å². The maximum absolute atomic E-state index is 11.8. The minimum atomic E-state index is -0.123. The Balaban J connectivity index is 1.94. The first-order valence-electron chi connectivity index (χ1n) is 5.89. The number of nitrogens with zero attached hydrogens (tertiary/aromatic N) is 2. The highest BCUT2D eigenvalue weighted by atomic mass is 16.2. The first kappa shape index (κ1) is 11.1. The number of nitrogens with one attached hydrogen (secondary N) is 2. The zero-order valence-corrected chi connectivity index (χ0v) is 9.73. The number of hydrogen-bond donors (Lipinski definition) is 2. The van der Waals surface area contributed by atoms with E-state index in [2.05, 4.69) is 34.6 Å². The number of carbonyl (C=O) groups excluding carboxylic acids is 1. The van der Waals surface area contributed by atoms with Crippen molar-refractivity contribution >= 4 is 5.91 Å². The Hall–Kier alpha value is -1.39. The van der Waals surface area contributed by atoms with E-state index < -0.39 is 0 Å². The van der Waals surface area contributed by atoms with Crippen molar-refractivity contribution in [2.24, 2.45) is 11.8 Å². The minimum absolute atomic E-state index is 0.123. The highest BCUT2D eigenvalue weighted by Gasteiger charge is 2.32. The molecule has 1 amide bonds. The molecule has 1 heterocycles. The van der Waals surface area contributed by atoms with Crippen molar-refractivity contribution < 1.29 is 4.79 Å². The first-order valence-corrected chi connectivity index (χ1v) is 5.89. The van der Waals surface area contributed by atoms with Crippen molar-refractivity contribution in [1.29, 1.82) is 0 Å². The van der Waals surface area contributed by atoms with Crippen LogP contribution in [0.2, 0.25) is 0 Å². The largest absolute Gasteiger partial charge is 0.348 e. The van der Waals surface area contributed by atoms with Gasteiger partial charge in [0.2, 0.25) is 0 Å². The van der Waals surface area contributed by atoms with Crippen LogP contribution in [0.4, 0.5) is 0 Å². The molecule has 0 spiro atoms. The Morgan fingerprint density at radius 3 is 3.00 bits per heavy atom. The Bertz CT molecular complexity index is 349. The van der Waals surface area contributed by atoms with Crippen molar-refractivity contribution in [3.05, 3.63) is 11.9 Å². The van der Waals surface area contributed by atoms with Gasteiger partial charge in [0.05, 0.1) is 6.20 Å². The first-order chi connectivity index (χ1) is 7.72. The smallest absolute Gasteiger partial charge is 0.273 e. The summed E-state index contributed by atoms with van der Waals surface area (Å²) in [6.45, 7) is 4.43. The molecule has 1 aliphatic carbocycles. The molecule has 3 unspecified atom stereocenters. The maximum Gasteiger partial charge on any atom is 0.273 e. The van der Waals surface area contributed by atoms with Gasteiger partial charge in [-0.25, -0.2) is 0 Å². The third kappa shape index (κ3) is 2.08. The molecule has 3 atom stereocenters. The lowest BCUT2D eigenvalue weighted by Gasteiger charge is -2.20. The van der Waals surface area contributed by atoms with Crippen molar-refractivity contribution in [3.8, 4) is 0 Å². The third-order valence-electron chi connectivity index (χ3n) is 3.72. The number of aromatic nitrogens is 3. The number of carbonyl (C=O) groups is 1. The maximum atomic E-state index is 11.8. The van der Waals surface area contributed by atoms with Crippen LogP contribution in [-0.4, -0.2) is 27.4 Å². The molecule has 88 valence electrons. The SMILES string of the molecule is CCC1CCC(NC(=O)c2cn[nH]n2)C1C. The molecule has 0 bridgehead atoms. The summed E-state index contributed by atoms with van der Waals surface area (Å²) < 4.78 is 0. The summed E-state index contributed by atoms with van der Waals surface area (Å²) in [5, 5.41) is 12.9. The molecule has 1 saturated carbocycles. The van der Waals surface area contributed by atoms with Gasteiger partial charge in [0.1, 0.15) is 0 Å². The molecule has 16 heavy (non-hydrogen) atoms. The Labute approximate surface area is 95.0 Å². The molecule has 1 aromatic rings. The van der Waals surface area contributed by atoms with E-state index in [1.807, 2.05) is 0 Å². The second-order valence-corrected chi connectivity index (χ2v) is 4.54.